The molecule has 2 amide bonds. The van der Waals surface area contributed by atoms with Gasteiger partial charge < -0.3 is 14.6 Å². The lowest BCUT2D eigenvalue weighted by Crippen LogP contribution is -2.38. The van der Waals surface area contributed by atoms with Gasteiger partial charge in [0.25, 0.3) is 0 Å². The average Bonchev–Trinajstić information content (AvgIpc) is 3.19. The first-order valence-electron chi connectivity index (χ1n) is 8.30. The molecule has 0 radical (unpaired) electrons. The Morgan fingerprint density at radius 2 is 1.96 bits per heavy atom. The molecule has 0 aliphatic rings. The SMILES string of the molecule is CCN(Cc1cccc(-c2ccncc2)c1)C(=O)NCc1ccco1. The van der Waals surface area contributed by atoms with Crippen molar-refractivity contribution in [3.8, 4) is 11.1 Å². The van der Waals surface area contributed by atoms with Crippen LogP contribution in [0.5, 0.6) is 0 Å². The van der Waals surface area contributed by atoms with Gasteiger partial charge in [0.05, 0.1) is 12.8 Å². The number of nitrogens with one attached hydrogen (secondary N) is 1. The average molecular weight is 335 g/mol. The maximum absolute atomic E-state index is 12.4. The number of carbonyl (C=O) groups excluding carboxylic acids is 1. The van der Waals surface area contributed by atoms with E-state index >= 15 is 0 Å². The highest BCUT2D eigenvalue weighted by atomic mass is 16.3. The normalized spacial score (nSPS) is 10.4. The number of amides is 2. The lowest BCUT2D eigenvalue weighted by atomic mass is 10.0. The zero-order chi connectivity index (χ0) is 17.5. The van der Waals surface area contributed by atoms with Gasteiger partial charge in [-0.1, -0.05) is 18.2 Å². The van der Waals surface area contributed by atoms with Gasteiger partial charge in [0, 0.05) is 25.5 Å². The van der Waals surface area contributed by atoms with Crippen LogP contribution in [-0.4, -0.2) is 22.5 Å². The predicted molar refractivity (Wildman–Crippen MR) is 96.7 cm³/mol. The topological polar surface area (TPSA) is 58.4 Å². The highest BCUT2D eigenvalue weighted by Crippen LogP contribution is 2.20. The van der Waals surface area contributed by atoms with E-state index in [1.54, 1.807) is 23.6 Å². The molecule has 0 aliphatic heterocycles. The third kappa shape index (κ3) is 4.47. The smallest absolute Gasteiger partial charge is 0.318 e. The standard InChI is InChI=1S/C20H21N3O2/c1-2-23(20(24)22-14-19-7-4-12-25-19)15-16-5-3-6-18(13-16)17-8-10-21-11-9-17/h3-13H,2,14-15H2,1H3,(H,22,24). The monoisotopic (exact) mass is 335 g/mol. The summed E-state index contributed by atoms with van der Waals surface area (Å²) in [6.07, 6.45) is 5.16. The molecule has 0 saturated heterocycles. The van der Waals surface area contributed by atoms with Gasteiger partial charge in [0.1, 0.15) is 5.76 Å². The second kappa shape index (κ2) is 8.15. The van der Waals surface area contributed by atoms with Crippen molar-refractivity contribution in [2.45, 2.75) is 20.0 Å². The summed E-state index contributed by atoms with van der Waals surface area (Å²) in [6.45, 7) is 3.54. The van der Waals surface area contributed by atoms with E-state index in [2.05, 4.69) is 22.4 Å². The maximum atomic E-state index is 12.4. The van der Waals surface area contributed by atoms with Crippen molar-refractivity contribution in [3.05, 3.63) is 78.5 Å². The van der Waals surface area contributed by atoms with E-state index in [0.29, 0.717) is 19.6 Å². The van der Waals surface area contributed by atoms with E-state index in [4.69, 9.17) is 4.42 Å². The molecule has 3 aromatic rings. The minimum absolute atomic E-state index is 0.104. The zero-order valence-corrected chi connectivity index (χ0v) is 14.2. The van der Waals surface area contributed by atoms with Crippen LogP contribution in [0.2, 0.25) is 0 Å². The molecule has 2 heterocycles. The number of carbonyl (C=O) groups is 1. The molecule has 1 N–H and O–H groups in total. The van der Waals surface area contributed by atoms with E-state index < -0.39 is 0 Å². The van der Waals surface area contributed by atoms with Crippen molar-refractivity contribution in [1.29, 1.82) is 0 Å². The molecule has 0 spiro atoms. The fourth-order valence-corrected chi connectivity index (χ4v) is 2.63. The molecule has 2 aromatic heterocycles. The second-order valence-corrected chi connectivity index (χ2v) is 5.69. The Morgan fingerprint density at radius 1 is 1.12 bits per heavy atom. The Kier molecular flexibility index (Phi) is 5.46. The Morgan fingerprint density at radius 3 is 2.68 bits per heavy atom. The summed E-state index contributed by atoms with van der Waals surface area (Å²) in [5, 5.41) is 2.89. The first kappa shape index (κ1) is 16.8. The summed E-state index contributed by atoms with van der Waals surface area (Å²) in [6, 6.07) is 15.7. The summed E-state index contributed by atoms with van der Waals surface area (Å²) in [7, 11) is 0. The van der Waals surface area contributed by atoms with Crippen molar-refractivity contribution in [3.63, 3.8) is 0 Å². The molecule has 5 nitrogen and oxygen atoms in total. The molecule has 25 heavy (non-hydrogen) atoms. The summed E-state index contributed by atoms with van der Waals surface area (Å²) >= 11 is 0. The molecule has 0 aliphatic carbocycles. The number of aromatic nitrogens is 1. The van der Waals surface area contributed by atoms with Crippen LogP contribution < -0.4 is 5.32 Å². The van der Waals surface area contributed by atoms with Gasteiger partial charge in [-0.3, -0.25) is 4.98 Å². The van der Waals surface area contributed by atoms with Gasteiger partial charge in [-0.2, -0.15) is 0 Å². The Balaban J connectivity index is 1.66. The number of rotatable bonds is 6. The van der Waals surface area contributed by atoms with E-state index in [1.165, 1.54) is 0 Å². The number of furan rings is 1. The predicted octanol–water partition coefficient (Wildman–Crippen LogP) is 4.07. The van der Waals surface area contributed by atoms with Crippen molar-refractivity contribution in [1.82, 2.24) is 15.2 Å². The largest absolute Gasteiger partial charge is 0.467 e. The third-order valence-corrected chi connectivity index (χ3v) is 3.98. The van der Waals surface area contributed by atoms with Crippen LogP contribution in [0.25, 0.3) is 11.1 Å². The summed E-state index contributed by atoms with van der Waals surface area (Å²) in [4.78, 5) is 18.2. The van der Waals surface area contributed by atoms with Crippen LogP contribution in [0.4, 0.5) is 4.79 Å². The first-order valence-corrected chi connectivity index (χ1v) is 8.30. The van der Waals surface area contributed by atoms with Gasteiger partial charge in [-0.15, -0.1) is 0 Å². The van der Waals surface area contributed by atoms with Crippen molar-refractivity contribution < 1.29 is 9.21 Å². The van der Waals surface area contributed by atoms with Crippen LogP contribution >= 0.6 is 0 Å². The Bertz CT molecular complexity index is 801. The van der Waals surface area contributed by atoms with Gasteiger partial charge in [-0.25, -0.2) is 4.79 Å². The highest BCUT2D eigenvalue weighted by Gasteiger charge is 2.12. The van der Waals surface area contributed by atoms with Gasteiger partial charge >= 0.3 is 6.03 Å². The van der Waals surface area contributed by atoms with E-state index in [1.807, 2.05) is 43.3 Å². The fraction of sp³-hybridized carbons (Fsp3) is 0.200. The zero-order valence-electron chi connectivity index (χ0n) is 14.2. The molecule has 0 atom stereocenters. The highest BCUT2D eigenvalue weighted by molar-refractivity contribution is 5.74. The number of benzene rings is 1. The fourth-order valence-electron chi connectivity index (χ4n) is 2.63. The molecular weight excluding hydrogens is 314 g/mol. The van der Waals surface area contributed by atoms with Gasteiger partial charge in [-0.05, 0) is 53.9 Å². The van der Waals surface area contributed by atoms with Crippen molar-refractivity contribution in [2.75, 3.05) is 6.54 Å². The Labute approximate surface area is 147 Å². The lowest BCUT2D eigenvalue weighted by molar-refractivity contribution is 0.196. The maximum Gasteiger partial charge on any atom is 0.318 e. The third-order valence-electron chi connectivity index (χ3n) is 3.98. The number of pyridine rings is 1. The van der Waals surface area contributed by atoms with Crippen LogP contribution in [-0.2, 0) is 13.1 Å². The minimum atomic E-state index is -0.104. The van der Waals surface area contributed by atoms with E-state index in [0.717, 1.165) is 22.5 Å². The van der Waals surface area contributed by atoms with Gasteiger partial charge in [0.15, 0.2) is 0 Å². The van der Waals surface area contributed by atoms with Crippen molar-refractivity contribution >= 4 is 6.03 Å². The minimum Gasteiger partial charge on any atom is -0.467 e. The second-order valence-electron chi connectivity index (χ2n) is 5.69. The molecule has 0 unspecified atom stereocenters. The molecule has 0 bridgehead atoms. The number of urea groups is 1. The lowest BCUT2D eigenvalue weighted by Gasteiger charge is -2.21. The quantitative estimate of drug-likeness (QED) is 0.738. The number of hydrogen-bond acceptors (Lipinski definition) is 3. The molecule has 1 aromatic carbocycles. The first-order chi connectivity index (χ1) is 12.3. The summed E-state index contributed by atoms with van der Waals surface area (Å²) < 4.78 is 5.24. The van der Waals surface area contributed by atoms with Crippen LogP contribution in [0.15, 0.2) is 71.6 Å². The number of nitrogens with zero attached hydrogens (tertiary/aromatic N) is 2. The van der Waals surface area contributed by atoms with Crippen LogP contribution in [0.1, 0.15) is 18.2 Å². The molecule has 0 saturated carbocycles. The summed E-state index contributed by atoms with van der Waals surface area (Å²) in [5.74, 6) is 0.740. The molecule has 3 rings (SSSR count). The molecule has 0 fully saturated rings. The van der Waals surface area contributed by atoms with Gasteiger partial charge in [0.2, 0.25) is 0 Å². The molecule has 128 valence electrons. The molecular formula is C20H21N3O2. The van der Waals surface area contributed by atoms with E-state index in [9.17, 15) is 4.79 Å². The van der Waals surface area contributed by atoms with Crippen LogP contribution in [0.3, 0.4) is 0 Å². The number of hydrogen-bond donors (Lipinski definition) is 1. The molecule has 5 heteroatoms. The van der Waals surface area contributed by atoms with Crippen molar-refractivity contribution in [2.24, 2.45) is 0 Å². The summed E-state index contributed by atoms with van der Waals surface area (Å²) in [5.41, 5.74) is 3.32. The van der Waals surface area contributed by atoms with E-state index in [-0.39, 0.29) is 6.03 Å². The van der Waals surface area contributed by atoms with Crippen LogP contribution in [0, 0.1) is 0 Å². The Hall–Kier alpha value is -3.08.